The van der Waals surface area contributed by atoms with Gasteiger partial charge in [-0.1, -0.05) is 6.07 Å². The molecule has 0 aliphatic heterocycles. The van der Waals surface area contributed by atoms with Crippen LogP contribution in [-0.2, 0) is 16.0 Å². The first-order valence-corrected chi connectivity index (χ1v) is 15.0. The smallest absolute Gasteiger partial charge is 0.310 e. The highest BCUT2D eigenvalue weighted by atomic mass is 127. The highest BCUT2D eigenvalue weighted by Gasteiger charge is 2.11. The van der Waals surface area contributed by atoms with Crippen LogP contribution in [0.1, 0.15) is 12.5 Å². The largest absolute Gasteiger partial charge is 0.496 e. The van der Waals surface area contributed by atoms with Crippen molar-refractivity contribution in [2.45, 2.75) is 18.2 Å². The molecule has 0 fully saturated rings. The summed E-state index contributed by atoms with van der Waals surface area (Å²) >= 11 is 4.82. The SMILES string of the molecule is CCOC(=O)Cc1ccc(OC)c(SSP(I)I)c1. The molecule has 0 spiro atoms. The number of esters is 1. The van der Waals surface area contributed by atoms with E-state index in [0.717, 1.165) is 16.2 Å². The average Bonchev–Trinajstić information content (AvgIpc) is 2.36. The molecule has 1 aromatic rings. The summed E-state index contributed by atoms with van der Waals surface area (Å²) in [5.74, 6) is 0.649. The minimum absolute atomic E-state index is 0.101. The summed E-state index contributed by atoms with van der Waals surface area (Å²) in [6, 6.07) is 5.81. The summed E-state index contributed by atoms with van der Waals surface area (Å²) in [5.41, 5.74) is 0.952. The topological polar surface area (TPSA) is 35.5 Å². The highest BCUT2D eigenvalue weighted by molar-refractivity contribution is 14.3. The lowest BCUT2D eigenvalue weighted by Gasteiger charge is -2.10. The first-order valence-electron chi connectivity index (χ1n) is 5.35. The van der Waals surface area contributed by atoms with E-state index in [2.05, 4.69) is 44.1 Å². The van der Waals surface area contributed by atoms with Crippen LogP contribution in [0.5, 0.6) is 5.75 Å². The number of benzene rings is 1. The van der Waals surface area contributed by atoms with Crippen molar-refractivity contribution in [2.24, 2.45) is 0 Å². The second-order valence-electron chi connectivity index (χ2n) is 3.33. The molecule has 0 atom stereocenters. The van der Waals surface area contributed by atoms with Crippen molar-refractivity contribution >= 4 is 73.7 Å². The molecule has 19 heavy (non-hydrogen) atoms. The van der Waals surface area contributed by atoms with Crippen LogP contribution in [0.25, 0.3) is 0 Å². The Morgan fingerprint density at radius 2 is 2.16 bits per heavy atom. The minimum Gasteiger partial charge on any atom is -0.496 e. The van der Waals surface area contributed by atoms with Crippen molar-refractivity contribution in [2.75, 3.05) is 13.7 Å². The molecule has 0 radical (unpaired) electrons. The van der Waals surface area contributed by atoms with Crippen molar-refractivity contribution < 1.29 is 14.3 Å². The Morgan fingerprint density at radius 1 is 1.42 bits per heavy atom. The van der Waals surface area contributed by atoms with Crippen molar-refractivity contribution in [1.82, 2.24) is 0 Å². The lowest BCUT2D eigenvalue weighted by Crippen LogP contribution is -2.07. The molecule has 1 aromatic carbocycles. The van der Waals surface area contributed by atoms with E-state index < -0.39 is 0 Å². The standard InChI is InChI=1S/C11H13I2O3PS2/c1-3-16-11(14)7-8-4-5-9(15-2)10(6-8)18-19-17(12)13/h4-6H,3,7H2,1-2H3. The number of methoxy groups -OCH3 is 1. The Kier molecular flexibility index (Phi) is 9.46. The quantitative estimate of drug-likeness (QED) is 0.193. The fraction of sp³-hybridized carbons (Fsp3) is 0.364. The van der Waals surface area contributed by atoms with Crippen LogP contribution in [0.2, 0.25) is 0 Å². The monoisotopic (exact) mass is 542 g/mol. The van der Waals surface area contributed by atoms with Gasteiger partial charge in [-0.05, 0) is 89.9 Å². The number of hydrogen-bond donors (Lipinski definition) is 0. The van der Waals surface area contributed by atoms with Gasteiger partial charge in [-0.25, -0.2) is 0 Å². The predicted molar refractivity (Wildman–Crippen MR) is 102 cm³/mol. The average molecular weight is 542 g/mol. The predicted octanol–water partition coefficient (Wildman–Crippen LogP) is 5.64. The van der Waals surface area contributed by atoms with Crippen molar-refractivity contribution in [3.8, 4) is 5.75 Å². The molecule has 0 saturated heterocycles. The Morgan fingerprint density at radius 3 is 2.74 bits per heavy atom. The summed E-state index contributed by atoms with van der Waals surface area (Å²) in [5, 5.41) is 0. The van der Waals surface area contributed by atoms with Gasteiger partial charge in [0.1, 0.15) is 5.75 Å². The fourth-order valence-electron chi connectivity index (χ4n) is 1.34. The zero-order chi connectivity index (χ0) is 14.3. The van der Waals surface area contributed by atoms with E-state index in [9.17, 15) is 4.79 Å². The van der Waals surface area contributed by atoms with Crippen LogP contribution in [0.4, 0.5) is 0 Å². The first-order chi connectivity index (χ1) is 9.06. The van der Waals surface area contributed by atoms with Gasteiger partial charge in [-0.2, -0.15) is 0 Å². The summed E-state index contributed by atoms with van der Waals surface area (Å²) in [6.45, 7) is 2.23. The van der Waals surface area contributed by atoms with Crippen molar-refractivity contribution in [1.29, 1.82) is 0 Å². The van der Waals surface area contributed by atoms with Gasteiger partial charge in [-0.15, -0.1) is 0 Å². The Labute approximate surface area is 148 Å². The molecule has 0 N–H and O–H groups in total. The number of hydrogen-bond acceptors (Lipinski definition) is 5. The molecule has 0 aliphatic rings. The van der Waals surface area contributed by atoms with Crippen LogP contribution in [0, 0.1) is 0 Å². The minimum atomic E-state index is -0.193. The van der Waals surface area contributed by atoms with E-state index >= 15 is 0 Å². The molecule has 0 amide bonds. The lowest BCUT2D eigenvalue weighted by molar-refractivity contribution is -0.142. The zero-order valence-electron chi connectivity index (χ0n) is 10.4. The van der Waals surface area contributed by atoms with Gasteiger partial charge >= 0.3 is 5.97 Å². The molecule has 0 aromatic heterocycles. The Bertz CT molecular complexity index is 432. The number of ether oxygens (including phenoxy) is 2. The van der Waals surface area contributed by atoms with E-state index in [1.54, 1.807) is 17.9 Å². The third-order valence-electron chi connectivity index (χ3n) is 2.07. The fourth-order valence-corrected chi connectivity index (χ4v) is 8.29. The van der Waals surface area contributed by atoms with Crippen molar-refractivity contribution in [3.05, 3.63) is 23.8 Å². The maximum Gasteiger partial charge on any atom is 0.310 e. The van der Waals surface area contributed by atoms with Gasteiger partial charge in [0.15, 0.2) is 0 Å². The molecule has 0 bridgehead atoms. The van der Waals surface area contributed by atoms with Crippen LogP contribution >= 0.6 is 67.7 Å². The molecule has 0 unspecified atom stereocenters. The van der Waals surface area contributed by atoms with Crippen molar-refractivity contribution in [3.63, 3.8) is 0 Å². The first kappa shape index (κ1) is 18.1. The van der Waals surface area contributed by atoms with Crippen LogP contribution in [0.3, 0.4) is 0 Å². The molecule has 8 heteroatoms. The molecule has 0 aliphatic carbocycles. The summed E-state index contributed by atoms with van der Waals surface area (Å²) in [7, 11) is 5.16. The molecule has 0 heterocycles. The number of halogens is 2. The van der Waals surface area contributed by atoms with Gasteiger partial charge in [-0.3, -0.25) is 4.79 Å². The Hall–Kier alpha value is 1.08. The normalized spacial score (nSPS) is 10.6. The molecule has 3 nitrogen and oxygen atoms in total. The highest BCUT2D eigenvalue weighted by Crippen LogP contribution is 2.70. The van der Waals surface area contributed by atoms with Crippen LogP contribution < -0.4 is 4.74 Å². The zero-order valence-corrected chi connectivity index (χ0v) is 17.2. The number of carbonyl (C=O) groups is 1. The molecular weight excluding hydrogens is 529 g/mol. The second-order valence-corrected chi connectivity index (χ2v) is 23.1. The summed E-state index contributed by atoms with van der Waals surface area (Å²) < 4.78 is 10.2. The third-order valence-corrected chi connectivity index (χ3v) is 14.2. The summed E-state index contributed by atoms with van der Waals surface area (Å²) in [6.07, 6.45) is 0.305. The van der Waals surface area contributed by atoms with Gasteiger partial charge in [0, 0.05) is 0 Å². The molecule has 0 saturated carbocycles. The van der Waals surface area contributed by atoms with E-state index in [0.29, 0.717) is 13.0 Å². The summed E-state index contributed by atoms with van der Waals surface area (Å²) in [4.78, 5) is 12.5. The van der Waals surface area contributed by atoms with Gasteiger partial charge < -0.3 is 9.47 Å². The number of rotatable bonds is 7. The lowest BCUT2D eigenvalue weighted by atomic mass is 10.1. The maximum absolute atomic E-state index is 11.5. The van der Waals surface area contributed by atoms with E-state index in [1.165, 1.54) is 0 Å². The van der Waals surface area contributed by atoms with Gasteiger partial charge in [0.05, 0.1) is 27.4 Å². The van der Waals surface area contributed by atoms with E-state index in [1.807, 2.05) is 35.5 Å². The molecular formula is C11H13I2O3PS2. The molecule has 106 valence electrons. The van der Waals surface area contributed by atoms with Crippen LogP contribution in [0.15, 0.2) is 23.1 Å². The Balaban J connectivity index is 2.79. The second kappa shape index (κ2) is 9.92. The molecule has 1 rings (SSSR count). The van der Waals surface area contributed by atoms with E-state index in [-0.39, 0.29) is 8.38 Å². The van der Waals surface area contributed by atoms with E-state index in [4.69, 9.17) is 9.47 Å². The van der Waals surface area contributed by atoms with Crippen LogP contribution in [-0.4, -0.2) is 19.7 Å². The maximum atomic E-state index is 11.5. The van der Waals surface area contributed by atoms with Gasteiger partial charge in [0.25, 0.3) is 0 Å². The van der Waals surface area contributed by atoms with Gasteiger partial charge in [0.2, 0.25) is 0 Å². The number of carbonyl (C=O) groups excluding carboxylic acids is 1. The third kappa shape index (κ3) is 7.06.